The molecule has 22 heavy (non-hydrogen) atoms. The highest BCUT2D eigenvalue weighted by Crippen LogP contribution is 2.12. The number of nitrogens with zero attached hydrogens (tertiary/aromatic N) is 6. The molecule has 8 nitrogen and oxygen atoms in total. The van der Waals surface area contributed by atoms with Crippen LogP contribution in [0, 0.1) is 0 Å². The molecule has 0 spiro atoms. The molecule has 2 aliphatic heterocycles. The predicted octanol–water partition coefficient (Wildman–Crippen LogP) is -0.632. The molecule has 122 valence electrons. The molecule has 0 unspecified atom stereocenters. The van der Waals surface area contributed by atoms with E-state index in [4.69, 9.17) is 4.74 Å². The molecule has 0 amide bonds. The Balaban J connectivity index is 1.48. The van der Waals surface area contributed by atoms with Crippen LogP contribution in [0.25, 0.3) is 0 Å². The SMILES string of the molecule is CN1CCN(c2cnnc(NCCN3CCOCC3)n2)CC1. The summed E-state index contributed by atoms with van der Waals surface area (Å²) in [5.74, 6) is 1.53. The average Bonchev–Trinajstić information content (AvgIpc) is 2.57. The van der Waals surface area contributed by atoms with Crippen LogP contribution < -0.4 is 10.2 Å². The fraction of sp³-hybridized carbons (Fsp3) is 0.786. The monoisotopic (exact) mass is 307 g/mol. The Kier molecular flexibility index (Phi) is 5.36. The van der Waals surface area contributed by atoms with Crippen molar-refractivity contribution in [3.05, 3.63) is 6.20 Å². The molecule has 1 N–H and O–H groups in total. The number of aromatic nitrogens is 3. The van der Waals surface area contributed by atoms with Crippen LogP contribution in [0.1, 0.15) is 0 Å². The molecular formula is C14H25N7O. The van der Waals surface area contributed by atoms with Crippen molar-refractivity contribution >= 4 is 11.8 Å². The largest absolute Gasteiger partial charge is 0.379 e. The summed E-state index contributed by atoms with van der Waals surface area (Å²) < 4.78 is 5.35. The molecule has 0 bridgehead atoms. The van der Waals surface area contributed by atoms with E-state index < -0.39 is 0 Å². The molecule has 0 aliphatic carbocycles. The van der Waals surface area contributed by atoms with Crippen LogP contribution in [-0.2, 0) is 4.74 Å². The molecule has 2 saturated heterocycles. The van der Waals surface area contributed by atoms with E-state index in [2.05, 4.69) is 42.2 Å². The minimum atomic E-state index is 0.615. The van der Waals surface area contributed by atoms with Gasteiger partial charge in [-0.2, -0.15) is 10.1 Å². The Hall–Kier alpha value is -1.51. The molecule has 0 radical (unpaired) electrons. The molecular weight excluding hydrogens is 282 g/mol. The smallest absolute Gasteiger partial charge is 0.244 e. The van der Waals surface area contributed by atoms with Gasteiger partial charge in [0.2, 0.25) is 5.95 Å². The first kappa shape index (κ1) is 15.4. The first-order valence-corrected chi connectivity index (χ1v) is 7.98. The first-order valence-electron chi connectivity index (χ1n) is 7.98. The quantitative estimate of drug-likeness (QED) is 0.771. The van der Waals surface area contributed by atoms with Gasteiger partial charge >= 0.3 is 0 Å². The molecule has 1 aromatic rings. The zero-order chi connectivity index (χ0) is 15.2. The third-order valence-corrected chi connectivity index (χ3v) is 4.19. The van der Waals surface area contributed by atoms with Gasteiger partial charge in [0.05, 0.1) is 19.4 Å². The van der Waals surface area contributed by atoms with Crippen molar-refractivity contribution in [3.63, 3.8) is 0 Å². The lowest BCUT2D eigenvalue weighted by molar-refractivity contribution is 0.0398. The number of piperazine rings is 1. The van der Waals surface area contributed by atoms with Gasteiger partial charge in [-0.05, 0) is 7.05 Å². The maximum absolute atomic E-state index is 5.35. The lowest BCUT2D eigenvalue weighted by Crippen LogP contribution is -2.45. The topological polar surface area (TPSA) is 69.7 Å². The Morgan fingerprint density at radius 1 is 1.14 bits per heavy atom. The van der Waals surface area contributed by atoms with Crippen molar-refractivity contribution in [2.45, 2.75) is 0 Å². The second-order valence-electron chi connectivity index (χ2n) is 5.81. The van der Waals surface area contributed by atoms with Gasteiger partial charge in [0.1, 0.15) is 0 Å². The lowest BCUT2D eigenvalue weighted by Gasteiger charge is -2.32. The van der Waals surface area contributed by atoms with Gasteiger partial charge in [-0.3, -0.25) is 4.90 Å². The van der Waals surface area contributed by atoms with E-state index in [0.29, 0.717) is 5.95 Å². The van der Waals surface area contributed by atoms with E-state index >= 15 is 0 Å². The number of hydrogen-bond donors (Lipinski definition) is 1. The van der Waals surface area contributed by atoms with E-state index in [9.17, 15) is 0 Å². The summed E-state index contributed by atoms with van der Waals surface area (Å²) in [7, 11) is 2.15. The van der Waals surface area contributed by atoms with Gasteiger partial charge in [0.25, 0.3) is 0 Å². The summed E-state index contributed by atoms with van der Waals surface area (Å²) in [6.45, 7) is 9.57. The van der Waals surface area contributed by atoms with Crippen molar-refractivity contribution in [1.82, 2.24) is 25.0 Å². The van der Waals surface area contributed by atoms with Crippen LogP contribution in [-0.4, -0.2) is 97.6 Å². The Morgan fingerprint density at radius 3 is 2.68 bits per heavy atom. The fourth-order valence-corrected chi connectivity index (χ4v) is 2.71. The van der Waals surface area contributed by atoms with Crippen LogP contribution in [0.2, 0.25) is 0 Å². The van der Waals surface area contributed by atoms with E-state index in [-0.39, 0.29) is 0 Å². The molecule has 3 heterocycles. The normalized spacial score (nSPS) is 21.0. The van der Waals surface area contributed by atoms with Crippen molar-refractivity contribution in [2.75, 3.05) is 82.8 Å². The summed E-state index contributed by atoms with van der Waals surface area (Å²) in [5, 5.41) is 11.4. The van der Waals surface area contributed by atoms with Gasteiger partial charge in [-0.15, -0.1) is 5.10 Å². The Labute approximate surface area is 131 Å². The Morgan fingerprint density at radius 2 is 1.91 bits per heavy atom. The highest BCUT2D eigenvalue weighted by Gasteiger charge is 2.16. The van der Waals surface area contributed by atoms with Crippen molar-refractivity contribution < 1.29 is 4.74 Å². The third kappa shape index (κ3) is 4.25. The molecule has 2 fully saturated rings. The fourth-order valence-electron chi connectivity index (χ4n) is 2.71. The number of anilines is 2. The second kappa shape index (κ2) is 7.66. The number of hydrogen-bond acceptors (Lipinski definition) is 8. The summed E-state index contributed by atoms with van der Waals surface area (Å²) in [4.78, 5) is 11.6. The van der Waals surface area contributed by atoms with Crippen LogP contribution in [0.5, 0.6) is 0 Å². The zero-order valence-electron chi connectivity index (χ0n) is 13.2. The van der Waals surface area contributed by atoms with E-state index in [1.54, 1.807) is 6.20 Å². The summed E-state index contributed by atoms with van der Waals surface area (Å²) in [5.41, 5.74) is 0. The number of morpholine rings is 1. The maximum atomic E-state index is 5.35. The Bertz CT molecular complexity index is 458. The highest BCUT2D eigenvalue weighted by atomic mass is 16.5. The van der Waals surface area contributed by atoms with Crippen LogP contribution in [0.4, 0.5) is 11.8 Å². The molecule has 0 aromatic carbocycles. The number of ether oxygens (including phenoxy) is 1. The molecule has 8 heteroatoms. The summed E-state index contributed by atoms with van der Waals surface area (Å²) in [6.07, 6.45) is 1.75. The van der Waals surface area contributed by atoms with Gasteiger partial charge < -0.3 is 19.9 Å². The molecule has 0 saturated carbocycles. The zero-order valence-corrected chi connectivity index (χ0v) is 13.2. The standard InChI is InChI=1S/C14H25N7O/c1-19-4-6-21(7-5-19)13-12-16-18-14(17-13)15-2-3-20-8-10-22-11-9-20/h12H,2-11H2,1H3,(H,15,17,18). The van der Waals surface area contributed by atoms with Crippen molar-refractivity contribution in [1.29, 1.82) is 0 Å². The second-order valence-corrected chi connectivity index (χ2v) is 5.81. The summed E-state index contributed by atoms with van der Waals surface area (Å²) >= 11 is 0. The first-order chi connectivity index (χ1) is 10.8. The van der Waals surface area contributed by atoms with Crippen molar-refractivity contribution in [3.8, 4) is 0 Å². The average molecular weight is 307 g/mol. The van der Waals surface area contributed by atoms with Gasteiger partial charge in [0, 0.05) is 52.4 Å². The number of nitrogens with one attached hydrogen (secondary N) is 1. The predicted molar refractivity (Wildman–Crippen MR) is 85.3 cm³/mol. The highest BCUT2D eigenvalue weighted by molar-refractivity contribution is 5.40. The molecule has 2 aliphatic rings. The van der Waals surface area contributed by atoms with Crippen molar-refractivity contribution in [2.24, 2.45) is 0 Å². The maximum Gasteiger partial charge on any atom is 0.244 e. The number of rotatable bonds is 5. The molecule has 1 aromatic heterocycles. The van der Waals surface area contributed by atoms with Gasteiger partial charge in [-0.1, -0.05) is 0 Å². The minimum absolute atomic E-state index is 0.615. The van der Waals surface area contributed by atoms with Crippen LogP contribution >= 0.6 is 0 Å². The van der Waals surface area contributed by atoms with Crippen LogP contribution in [0.3, 0.4) is 0 Å². The van der Waals surface area contributed by atoms with E-state index in [0.717, 1.165) is 71.4 Å². The lowest BCUT2D eigenvalue weighted by atomic mass is 10.3. The molecule has 0 atom stereocenters. The number of likely N-dealkylation sites (N-methyl/N-ethyl adjacent to an activating group) is 1. The minimum Gasteiger partial charge on any atom is -0.379 e. The van der Waals surface area contributed by atoms with Gasteiger partial charge in [-0.25, -0.2) is 0 Å². The van der Waals surface area contributed by atoms with E-state index in [1.807, 2.05) is 0 Å². The van der Waals surface area contributed by atoms with E-state index in [1.165, 1.54) is 0 Å². The summed E-state index contributed by atoms with van der Waals surface area (Å²) in [6, 6.07) is 0. The molecule has 3 rings (SSSR count). The third-order valence-electron chi connectivity index (χ3n) is 4.19. The van der Waals surface area contributed by atoms with Crippen LogP contribution in [0.15, 0.2) is 6.20 Å². The van der Waals surface area contributed by atoms with Gasteiger partial charge in [0.15, 0.2) is 5.82 Å².